The van der Waals surface area contributed by atoms with Gasteiger partial charge in [-0.1, -0.05) is 6.07 Å². The first-order chi connectivity index (χ1) is 16.2. The number of hydrogen-bond acceptors (Lipinski definition) is 6. The van der Waals surface area contributed by atoms with E-state index in [0.29, 0.717) is 30.9 Å². The third kappa shape index (κ3) is 5.03. The number of methoxy groups -OCH3 is 1. The Morgan fingerprint density at radius 2 is 1.82 bits per heavy atom. The van der Waals surface area contributed by atoms with Crippen LogP contribution in [0.25, 0.3) is 0 Å². The lowest BCUT2D eigenvalue weighted by Crippen LogP contribution is -2.44. The SMILES string of the molecule is COc1ccc(C2(Cc3ccncc3)CCN(C(=O)OC(C)(C)C)C2=O)cc1OC1CCCC1. The van der Waals surface area contributed by atoms with Crippen molar-refractivity contribution in [3.05, 3.63) is 53.9 Å². The minimum atomic E-state index is -0.918. The zero-order chi connectivity index (χ0) is 24.3. The summed E-state index contributed by atoms with van der Waals surface area (Å²) in [6.45, 7) is 5.69. The van der Waals surface area contributed by atoms with E-state index in [4.69, 9.17) is 14.2 Å². The number of carbonyl (C=O) groups excluding carboxylic acids is 2. The van der Waals surface area contributed by atoms with E-state index in [-0.39, 0.29) is 12.0 Å². The van der Waals surface area contributed by atoms with Gasteiger partial charge in [-0.05, 0) is 94.7 Å². The lowest BCUT2D eigenvalue weighted by Gasteiger charge is -2.30. The number of hydrogen-bond donors (Lipinski definition) is 0. The first-order valence-electron chi connectivity index (χ1n) is 12.0. The van der Waals surface area contributed by atoms with E-state index in [1.807, 2.05) is 30.3 Å². The van der Waals surface area contributed by atoms with Crippen LogP contribution in [-0.2, 0) is 21.4 Å². The molecule has 2 aliphatic rings. The van der Waals surface area contributed by atoms with Gasteiger partial charge in [0, 0.05) is 18.9 Å². The van der Waals surface area contributed by atoms with Crippen molar-refractivity contribution < 1.29 is 23.8 Å². The maximum atomic E-state index is 13.9. The zero-order valence-corrected chi connectivity index (χ0v) is 20.5. The standard InChI is InChI=1S/C27H34N2O5/c1-26(2,3)34-25(31)29-16-13-27(24(29)30,18-19-11-14-28-15-12-19)20-9-10-22(32-4)23(17-20)33-21-7-5-6-8-21/h9-12,14-15,17,21H,5-8,13,16,18H2,1-4H3. The van der Waals surface area contributed by atoms with Crippen molar-refractivity contribution >= 4 is 12.0 Å². The Labute approximate surface area is 201 Å². The van der Waals surface area contributed by atoms with Gasteiger partial charge < -0.3 is 14.2 Å². The van der Waals surface area contributed by atoms with Crippen LogP contribution in [0.2, 0.25) is 0 Å². The van der Waals surface area contributed by atoms with E-state index in [9.17, 15) is 9.59 Å². The molecule has 34 heavy (non-hydrogen) atoms. The fourth-order valence-electron chi connectivity index (χ4n) is 4.90. The van der Waals surface area contributed by atoms with Crippen LogP contribution in [0.1, 0.15) is 64.0 Å². The zero-order valence-electron chi connectivity index (χ0n) is 20.5. The smallest absolute Gasteiger partial charge is 0.417 e. The average molecular weight is 467 g/mol. The Hall–Kier alpha value is -3.09. The number of benzene rings is 1. The van der Waals surface area contributed by atoms with Crippen LogP contribution in [0.5, 0.6) is 11.5 Å². The van der Waals surface area contributed by atoms with Crippen LogP contribution in [0, 0.1) is 0 Å². The highest BCUT2D eigenvalue weighted by atomic mass is 16.6. The third-order valence-corrected chi connectivity index (χ3v) is 6.60. The summed E-state index contributed by atoms with van der Waals surface area (Å²) in [5.74, 6) is 1.03. The molecule has 0 N–H and O–H groups in total. The maximum absolute atomic E-state index is 13.9. The van der Waals surface area contributed by atoms with E-state index < -0.39 is 17.1 Å². The molecule has 2 heterocycles. The summed E-state index contributed by atoms with van der Waals surface area (Å²) in [6, 6.07) is 9.51. The second kappa shape index (κ2) is 9.65. The molecule has 1 atom stereocenters. The number of imide groups is 1. The molecule has 1 aromatic heterocycles. The Morgan fingerprint density at radius 1 is 1.12 bits per heavy atom. The maximum Gasteiger partial charge on any atom is 0.417 e. The predicted molar refractivity (Wildman–Crippen MR) is 128 cm³/mol. The molecule has 1 aliphatic carbocycles. The van der Waals surface area contributed by atoms with Gasteiger partial charge in [0.15, 0.2) is 11.5 Å². The monoisotopic (exact) mass is 466 g/mol. The third-order valence-electron chi connectivity index (χ3n) is 6.60. The molecule has 1 saturated carbocycles. The summed E-state index contributed by atoms with van der Waals surface area (Å²) in [4.78, 5) is 32.1. The molecule has 1 aromatic carbocycles. The Kier molecular flexibility index (Phi) is 6.82. The van der Waals surface area contributed by atoms with Crippen LogP contribution < -0.4 is 9.47 Å². The molecule has 2 amide bonds. The van der Waals surface area contributed by atoms with E-state index in [1.54, 1.807) is 40.3 Å². The molecule has 182 valence electrons. The fraction of sp³-hybridized carbons (Fsp3) is 0.519. The molecule has 1 aliphatic heterocycles. The predicted octanol–water partition coefficient (Wildman–Crippen LogP) is 5.06. The molecule has 0 bridgehead atoms. The summed E-state index contributed by atoms with van der Waals surface area (Å²) in [5.41, 5.74) is 0.187. The Morgan fingerprint density at radius 3 is 2.47 bits per heavy atom. The fourth-order valence-corrected chi connectivity index (χ4v) is 4.90. The minimum absolute atomic E-state index is 0.151. The van der Waals surface area contributed by atoms with Crippen molar-refractivity contribution in [1.29, 1.82) is 0 Å². The number of nitrogens with zero attached hydrogens (tertiary/aromatic N) is 2. The number of ether oxygens (including phenoxy) is 3. The van der Waals surface area contributed by atoms with Crippen LogP contribution in [0.15, 0.2) is 42.7 Å². The van der Waals surface area contributed by atoms with Gasteiger partial charge in [0.1, 0.15) is 5.60 Å². The molecule has 4 rings (SSSR count). The molecule has 1 saturated heterocycles. The molecule has 7 heteroatoms. The number of amides is 2. The van der Waals surface area contributed by atoms with Gasteiger partial charge in [0.2, 0.25) is 5.91 Å². The lowest BCUT2D eigenvalue weighted by molar-refractivity contribution is -0.131. The summed E-state index contributed by atoms with van der Waals surface area (Å²) >= 11 is 0. The van der Waals surface area contributed by atoms with Crippen molar-refractivity contribution in [2.75, 3.05) is 13.7 Å². The number of aromatic nitrogens is 1. The second-order valence-corrected chi connectivity index (χ2v) is 10.2. The van der Waals surface area contributed by atoms with E-state index in [1.165, 1.54) is 4.90 Å². The normalized spacial score (nSPS) is 21.1. The van der Waals surface area contributed by atoms with Crippen molar-refractivity contribution in [1.82, 2.24) is 9.88 Å². The van der Waals surface area contributed by atoms with Gasteiger partial charge in [-0.2, -0.15) is 0 Å². The average Bonchev–Trinajstić information content (AvgIpc) is 3.42. The highest BCUT2D eigenvalue weighted by Crippen LogP contribution is 2.43. The van der Waals surface area contributed by atoms with Gasteiger partial charge in [0.05, 0.1) is 18.6 Å². The highest BCUT2D eigenvalue weighted by Gasteiger charge is 2.51. The Bertz CT molecular complexity index is 1030. The summed E-state index contributed by atoms with van der Waals surface area (Å²) in [6.07, 6.45) is 8.26. The number of rotatable bonds is 6. The first kappa shape index (κ1) is 24.0. The van der Waals surface area contributed by atoms with Crippen molar-refractivity contribution in [3.8, 4) is 11.5 Å². The first-order valence-corrected chi connectivity index (χ1v) is 12.0. The van der Waals surface area contributed by atoms with Crippen molar-refractivity contribution in [2.45, 2.75) is 76.4 Å². The number of likely N-dealkylation sites (tertiary alicyclic amines) is 1. The van der Waals surface area contributed by atoms with Crippen LogP contribution in [-0.4, -0.2) is 47.2 Å². The van der Waals surface area contributed by atoms with Crippen LogP contribution >= 0.6 is 0 Å². The number of carbonyl (C=O) groups is 2. The molecule has 0 radical (unpaired) electrons. The van der Waals surface area contributed by atoms with Gasteiger partial charge in [-0.15, -0.1) is 0 Å². The van der Waals surface area contributed by atoms with Gasteiger partial charge in [0.25, 0.3) is 0 Å². The quantitative estimate of drug-likeness (QED) is 0.592. The van der Waals surface area contributed by atoms with Crippen LogP contribution in [0.4, 0.5) is 4.79 Å². The molecule has 2 aromatic rings. The molecule has 2 fully saturated rings. The second-order valence-electron chi connectivity index (χ2n) is 10.2. The molecular formula is C27H34N2O5. The van der Waals surface area contributed by atoms with Gasteiger partial charge in [-0.25, -0.2) is 9.69 Å². The summed E-state index contributed by atoms with van der Waals surface area (Å²) < 4.78 is 17.4. The number of pyridine rings is 1. The molecule has 1 unspecified atom stereocenters. The van der Waals surface area contributed by atoms with Crippen LogP contribution in [0.3, 0.4) is 0 Å². The van der Waals surface area contributed by atoms with Crippen molar-refractivity contribution in [3.63, 3.8) is 0 Å². The lowest BCUT2D eigenvalue weighted by atomic mass is 9.74. The summed E-state index contributed by atoms with van der Waals surface area (Å²) in [7, 11) is 1.62. The molecule has 0 spiro atoms. The molecule has 7 nitrogen and oxygen atoms in total. The minimum Gasteiger partial charge on any atom is -0.493 e. The van der Waals surface area contributed by atoms with Gasteiger partial charge >= 0.3 is 6.09 Å². The van der Waals surface area contributed by atoms with Gasteiger partial charge in [-0.3, -0.25) is 9.78 Å². The largest absolute Gasteiger partial charge is 0.493 e. The van der Waals surface area contributed by atoms with E-state index in [0.717, 1.165) is 36.8 Å². The molecular weight excluding hydrogens is 432 g/mol. The highest BCUT2D eigenvalue weighted by molar-refractivity contribution is 6.01. The topological polar surface area (TPSA) is 78.0 Å². The van der Waals surface area contributed by atoms with E-state index >= 15 is 0 Å². The summed E-state index contributed by atoms with van der Waals surface area (Å²) in [5, 5.41) is 0. The Balaban J connectivity index is 1.72. The van der Waals surface area contributed by atoms with Crippen molar-refractivity contribution in [2.24, 2.45) is 0 Å². The van der Waals surface area contributed by atoms with E-state index in [2.05, 4.69) is 4.98 Å².